The molecular formula is C23H44N2O2. The Morgan fingerprint density at radius 3 is 1.96 bits per heavy atom. The third-order valence-corrected chi connectivity index (χ3v) is 5.85. The zero-order chi connectivity index (χ0) is 21.5. The molecule has 2 atom stereocenters. The Hall–Kier alpha value is -1.08. The van der Waals surface area contributed by atoms with Crippen LogP contribution in [0, 0.1) is 33.5 Å². The SMILES string of the molecule is C[C@H](C#N)C(C)(C)CCNC(=O)CC(C)(C)CCC(C)(O)CCC(C)(C)C. The predicted molar refractivity (Wildman–Crippen MR) is 113 cm³/mol. The fourth-order valence-corrected chi connectivity index (χ4v) is 2.88. The maximum atomic E-state index is 12.3. The van der Waals surface area contributed by atoms with Crippen molar-refractivity contribution in [2.45, 2.75) is 106 Å². The van der Waals surface area contributed by atoms with E-state index in [0.29, 0.717) is 19.4 Å². The van der Waals surface area contributed by atoms with E-state index >= 15 is 0 Å². The van der Waals surface area contributed by atoms with Crippen molar-refractivity contribution in [3.05, 3.63) is 0 Å². The Morgan fingerprint density at radius 1 is 0.963 bits per heavy atom. The van der Waals surface area contributed by atoms with Crippen LogP contribution in [0.5, 0.6) is 0 Å². The molecule has 1 unspecified atom stereocenters. The number of amides is 1. The lowest BCUT2D eigenvalue weighted by molar-refractivity contribution is -0.123. The lowest BCUT2D eigenvalue weighted by atomic mass is 9.77. The summed E-state index contributed by atoms with van der Waals surface area (Å²) in [5, 5.41) is 22.7. The molecule has 0 rings (SSSR count). The molecule has 0 bridgehead atoms. The van der Waals surface area contributed by atoms with Crippen molar-refractivity contribution in [1.29, 1.82) is 5.26 Å². The predicted octanol–water partition coefficient (Wildman–Crippen LogP) is 5.45. The first-order valence-electron chi connectivity index (χ1n) is 10.4. The number of rotatable bonds is 11. The molecule has 0 aliphatic rings. The molecule has 0 aliphatic heterocycles. The monoisotopic (exact) mass is 380 g/mol. The quantitative estimate of drug-likeness (QED) is 0.500. The van der Waals surface area contributed by atoms with Crippen molar-refractivity contribution < 1.29 is 9.90 Å². The molecule has 0 spiro atoms. The molecule has 0 heterocycles. The van der Waals surface area contributed by atoms with Gasteiger partial charge in [0.05, 0.1) is 11.7 Å². The lowest BCUT2D eigenvalue weighted by Gasteiger charge is -2.32. The number of nitrogens with zero attached hydrogens (tertiary/aromatic N) is 1. The molecule has 0 saturated heterocycles. The molecule has 2 N–H and O–H groups in total. The minimum absolute atomic E-state index is 0.0406. The summed E-state index contributed by atoms with van der Waals surface area (Å²) >= 11 is 0. The van der Waals surface area contributed by atoms with Crippen LogP contribution < -0.4 is 5.32 Å². The number of nitrogens with one attached hydrogen (secondary N) is 1. The van der Waals surface area contributed by atoms with Crippen LogP contribution in [-0.4, -0.2) is 23.2 Å². The summed E-state index contributed by atoms with van der Waals surface area (Å²) in [5.74, 6) is 0.0101. The van der Waals surface area contributed by atoms with Crippen molar-refractivity contribution in [2.75, 3.05) is 6.54 Å². The van der Waals surface area contributed by atoms with Crippen LogP contribution in [0.2, 0.25) is 0 Å². The summed E-state index contributed by atoms with van der Waals surface area (Å²) < 4.78 is 0. The minimum atomic E-state index is -0.682. The fraction of sp³-hybridized carbons (Fsp3) is 0.913. The van der Waals surface area contributed by atoms with E-state index in [1.54, 1.807) is 0 Å². The Kier molecular flexibility index (Phi) is 9.52. The summed E-state index contributed by atoms with van der Waals surface area (Å²) in [7, 11) is 0. The van der Waals surface area contributed by atoms with Crippen molar-refractivity contribution in [1.82, 2.24) is 5.32 Å². The van der Waals surface area contributed by atoms with Crippen LogP contribution in [0.15, 0.2) is 0 Å². The fourth-order valence-electron chi connectivity index (χ4n) is 2.88. The van der Waals surface area contributed by atoms with E-state index in [2.05, 4.69) is 59.9 Å². The van der Waals surface area contributed by atoms with Crippen molar-refractivity contribution in [3.8, 4) is 6.07 Å². The van der Waals surface area contributed by atoms with E-state index in [1.165, 1.54) is 0 Å². The van der Waals surface area contributed by atoms with Gasteiger partial charge in [-0.25, -0.2) is 0 Å². The summed E-state index contributed by atoms with van der Waals surface area (Å²) in [5.41, 5.74) is -0.719. The molecule has 0 aromatic carbocycles. The second-order valence-electron chi connectivity index (χ2n) is 11.3. The van der Waals surface area contributed by atoms with E-state index < -0.39 is 5.60 Å². The molecular weight excluding hydrogens is 336 g/mol. The van der Waals surface area contributed by atoms with E-state index in [0.717, 1.165) is 25.7 Å². The first-order chi connectivity index (χ1) is 12.0. The molecule has 158 valence electrons. The van der Waals surface area contributed by atoms with Crippen LogP contribution in [-0.2, 0) is 4.79 Å². The number of carbonyl (C=O) groups is 1. The van der Waals surface area contributed by atoms with Gasteiger partial charge in [0.1, 0.15) is 0 Å². The first-order valence-corrected chi connectivity index (χ1v) is 10.4. The lowest BCUT2D eigenvalue weighted by Crippen LogP contribution is -2.34. The highest BCUT2D eigenvalue weighted by atomic mass is 16.3. The van der Waals surface area contributed by atoms with Crippen molar-refractivity contribution >= 4 is 5.91 Å². The van der Waals surface area contributed by atoms with Gasteiger partial charge < -0.3 is 10.4 Å². The Labute approximate surface area is 168 Å². The first kappa shape index (κ1) is 25.9. The van der Waals surface area contributed by atoms with Gasteiger partial charge in [-0.2, -0.15) is 5.26 Å². The van der Waals surface area contributed by atoms with Crippen LogP contribution >= 0.6 is 0 Å². The van der Waals surface area contributed by atoms with Crippen molar-refractivity contribution in [3.63, 3.8) is 0 Å². The van der Waals surface area contributed by atoms with Gasteiger partial charge in [0, 0.05) is 18.9 Å². The molecule has 0 aromatic rings. The van der Waals surface area contributed by atoms with Gasteiger partial charge in [0.2, 0.25) is 5.91 Å². The van der Waals surface area contributed by atoms with Crippen LogP contribution in [0.4, 0.5) is 0 Å². The van der Waals surface area contributed by atoms with Crippen LogP contribution in [0.1, 0.15) is 101 Å². The van der Waals surface area contributed by atoms with Gasteiger partial charge in [-0.1, -0.05) is 48.5 Å². The highest BCUT2D eigenvalue weighted by Crippen LogP contribution is 2.34. The highest BCUT2D eigenvalue weighted by molar-refractivity contribution is 5.76. The van der Waals surface area contributed by atoms with Gasteiger partial charge in [0.25, 0.3) is 0 Å². The largest absolute Gasteiger partial charge is 0.390 e. The molecule has 0 aromatic heterocycles. The zero-order valence-corrected chi connectivity index (χ0v) is 19.3. The molecule has 4 nitrogen and oxygen atoms in total. The zero-order valence-electron chi connectivity index (χ0n) is 19.3. The number of aliphatic hydroxyl groups is 1. The van der Waals surface area contributed by atoms with Gasteiger partial charge in [0.15, 0.2) is 0 Å². The molecule has 0 radical (unpaired) electrons. The standard InChI is InChI=1S/C23H44N2O2/c1-18(17-24)22(7,8)14-15-25-19(26)16-21(5,6)11-13-23(9,27)12-10-20(2,3)4/h18,27H,10-16H2,1-9H3,(H,25,26)/t18-,23?/m1/s1. The molecule has 4 heteroatoms. The molecule has 0 saturated carbocycles. The van der Waals surface area contributed by atoms with E-state index in [-0.39, 0.29) is 28.1 Å². The number of hydrogen-bond acceptors (Lipinski definition) is 3. The van der Waals surface area contributed by atoms with E-state index in [1.807, 2.05) is 13.8 Å². The third-order valence-electron chi connectivity index (χ3n) is 5.85. The Balaban J connectivity index is 4.38. The van der Waals surface area contributed by atoms with Crippen LogP contribution in [0.3, 0.4) is 0 Å². The van der Waals surface area contributed by atoms with Gasteiger partial charge in [-0.3, -0.25) is 4.79 Å². The number of carbonyl (C=O) groups excluding carboxylic acids is 1. The Bertz CT molecular complexity index is 507. The smallest absolute Gasteiger partial charge is 0.220 e. The molecule has 0 aliphatic carbocycles. The summed E-state index contributed by atoms with van der Waals surface area (Å²) in [6, 6.07) is 2.30. The average Bonchev–Trinajstić information content (AvgIpc) is 2.49. The third kappa shape index (κ3) is 12.1. The minimum Gasteiger partial charge on any atom is -0.390 e. The van der Waals surface area contributed by atoms with Gasteiger partial charge >= 0.3 is 0 Å². The Morgan fingerprint density at radius 2 is 1.48 bits per heavy atom. The second-order valence-corrected chi connectivity index (χ2v) is 11.3. The maximum absolute atomic E-state index is 12.3. The number of nitriles is 1. The van der Waals surface area contributed by atoms with Crippen molar-refractivity contribution in [2.24, 2.45) is 22.2 Å². The maximum Gasteiger partial charge on any atom is 0.220 e. The summed E-state index contributed by atoms with van der Waals surface area (Å²) in [6.45, 7) is 19.3. The van der Waals surface area contributed by atoms with Gasteiger partial charge in [-0.05, 0) is 62.2 Å². The topological polar surface area (TPSA) is 73.1 Å². The highest BCUT2D eigenvalue weighted by Gasteiger charge is 2.29. The number of hydrogen-bond donors (Lipinski definition) is 2. The summed E-state index contributed by atoms with van der Waals surface area (Å²) in [6.07, 6.45) is 4.53. The summed E-state index contributed by atoms with van der Waals surface area (Å²) in [4.78, 5) is 12.3. The average molecular weight is 381 g/mol. The van der Waals surface area contributed by atoms with Crippen LogP contribution in [0.25, 0.3) is 0 Å². The van der Waals surface area contributed by atoms with E-state index in [9.17, 15) is 9.90 Å². The molecule has 1 amide bonds. The molecule has 27 heavy (non-hydrogen) atoms. The van der Waals surface area contributed by atoms with E-state index in [4.69, 9.17) is 5.26 Å². The second kappa shape index (κ2) is 9.92. The van der Waals surface area contributed by atoms with Gasteiger partial charge in [-0.15, -0.1) is 0 Å². The normalized spacial score (nSPS) is 16.3. The molecule has 0 fully saturated rings.